The summed E-state index contributed by atoms with van der Waals surface area (Å²) in [5.41, 5.74) is 0.366. The number of alkyl halides is 3. The molecule has 1 saturated heterocycles. The Bertz CT molecular complexity index is 598. The second-order valence-corrected chi connectivity index (χ2v) is 5.80. The normalized spacial score (nSPS) is 19.0. The lowest BCUT2D eigenvalue weighted by Gasteiger charge is -2.32. The summed E-state index contributed by atoms with van der Waals surface area (Å²) in [6.07, 6.45) is -1.92. The number of piperidine rings is 1. The van der Waals surface area contributed by atoms with Crippen molar-refractivity contribution in [2.24, 2.45) is 5.92 Å². The van der Waals surface area contributed by atoms with Gasteiger partial charge in [0.05, 0.1) is 11.3 Å². The van der Waals surface area contributed by atoms with E-state index in [0.717, 1.165) is 12.6 Å². The fourth-order valence-corrected chi connectivity index (χ4v) is 2.83. The molecule has 128 valence electrons. The van der Waals surface area contributed by atoms with Crippen LogP contribution in [0.3, 0.4) is 0 Å². The van der Waals surface area contributed by atoms with Gasteiger partial charge in [-0.3, -0.25) is 14.3 Å². The van der Waals surface area contributed by atoms with Crippen molar-refractivity contribution < 1.29 is 27.9 Å². The van der Waals surface area contributed by atoms with Gasteiger partial charge in [0.25, 0.3) is 5.91 Å². The number of aromatic nitrogens is 2. The van der Waals surface area contributed by atoms with E-state index in [1.165, 1.54) is 11.8 Å². The fourth-order valence-electron chi connectivity index (χ4n) is 2.83. The van der Waals surface area contributed by atoms with Crippen molar-refractivity contribution in [3.63, 3.8) is 0 Å². The number of carbonyl (C=O) groups is 2. The predicted molar refractivity (Wildman–Crippen MR) is 73.9 cm³/mol. The summed E-state index contributed by atoms with van der Waals surface area (Å²) in [4.78, 5) is 24.8. The number of hydrogen-bond donors (Lipinski definition) is 1. The van der Waals surface area contributed by atoms with Gasteiger partial charge in [0, 0.05) is 25.7 Å². The summed E-state index contributed by atoms with van der Waals surface area (Å²) in [5.74, 6) is -1.44. The molecule has 0 aromatic carbocycles. The number of carboxylic acids is 1. The predicted octanol–water partition coefficient (Wildman–Crippen LogP) is 2.08. The molecule has 1 aromatic heterocycles. The highest BCUT2D eigenvalue weighted by atomic mass is 19.4. The van der Waals surface area contributed by atoms with Crippen molar-refractivity contribution >= 4 is 11.9 Å². The van der Waals surface area contributed by atoms with E-state index in [1.807, 2.05) is 0 Å². The van der Waals surface area contributed by atoms with Gasteiger partial charge in [0.1, 0.15) is 6.54 Å². The van der Waals surface area contributed by atoms with Crippen LogP contribution in [-0.2, 0) is 11.3 Å². The van der Waals surface area contributed by atoms with Gasteiger partial charge >= 0.3 is 12.1 Å². The van der Waals surface area contributed by atoms with Crippen LogP contribution in [0.15, 0.2) is 6.20 Å². The van der Waals surface area contributed by atoms with E-state index in [9.17, 15) is 22.8 Å². The number of rotatable bonds is 4. The summed E-state index contributed by atoms with van der Waals surface area (Å²) in [5, 5.41) is 12.6. The molecular formula is C14H18F3N3O3. The van der Waals surface area contributed by atoms with Crippen molar-refractivity contribution in [1.82, 2.24) is 14.7 Å². The molecule has 0 aliphatic carbocycles. The van der Waals surface area contributed by atoms with Crippen molar-refractivity contribution in [3.05, 3.63) is 17.5 Å². The highest BCUT2D eigenvalue weighted by Crippen LogP contribution is 2.23. The number of halogens is 3. The summed E-state index contributed by atoms with van der Waals surface area (Å²) < 4.78 is 37.9. The van der Waals surface area contributed by atoms with Gasteiger partial charge in [-0.15, -0.1) is 0 Å². The summed E-state index contributed by atoms with van der Waals surface area (Å²) in [7, 11) is 0. The first-order valence-corrected chi connectivity index (χ1v) is 7.27. The summed E-state index contributed by atoms with van der Waals surface area (Å²) >= 11 is 0. The zero-order chi connectivity index (χ0) is 17.2. The van der Waals surface area contributed by atoms with Gasteiger partial charge in [-0.25, -0.2) is 0 Å². The fraction of sp³-hybridized carbons (Fsp3) is 0.643. The second-order valence-electron chi connectivity index (χ2n) is 5.80. The standard InChI is InChI=1S/C14H18F3N3O3/c1-9-11(7-20(18-9)8-14(15,16)17)13(23)19-4-2-3-10(6-19)5-12(21)22/h7,10H,2-6,8H2,1H3,(H,21,22). The van der Waals surface area contributed by atoms with E-state index in [4.69, 9.17) is 5.11 Å². The van der Waals surface area contributed by atoms with Crippen molar-refractivity contribution in [1.29, 1.82) is 0 Å². The molecule has 2 heterocycles. The SMILES string of the molecule is Cc1nn(CC(F)(F)F)cc1C(=O)N1CCCC(CC(=O)O)C1. The first kappa shape index (κ1) is 17.3. The van der Waals surface area contributed by atoms with E-state index in [-0.39, 0.29) is 23.6 Å². The quantitative estimate of drug-likeness (QED) is 0.915. The largest absolute Gasteiger partial charge is 0.481 e. The maximum absolute atomic E-state index is 12.5. The molecule has 1 fully saturated rings. The lowest BCUT2D eigenvalue weighted by molar-refractivity contribution is -0.142. The molecule has 23 heavy (non-hydrogen) atoms. The highest BCUT2D eigenvalue weighted by Gasteiger charge is 2.31. The first-order chi connectivity index (χ1) is 10.7. The third-order valence-corrected chi connectivity index (χ3v) is 3.79. The number of carboxylic acid groups (broad SMARTS) is 1. The lowest BCUT2D eigenvalue weighted by Crippen LogP contribution is -2.40. The molecule has 0 spiro atoms. The molecule has 9 heteroatoms. The number of hydrogen-bond acceptors (Lipinski definition) is 3. The third kappa shape index (κ3) is 4.70. The van der Waals surface area contributed by atoms with E-state index in [0.29, 0.717) is 24.2 Å². The van der Waals surface area contributed by atoms with E-state index in [1.54, 1.807) is 0 Å². The average Bonchev–Trinajstić information content (AvgIpc) is 2.76. The Balaban J connectivity index is 2.09. The zero-order valence-corrected chi connectivity index (χ0v) is 12.6. The number of likely N-dealkylation sites (tertiary alicyclic amines) is 1. The molecule has 1 atom stereocenters. The Morgan fingerprint density at radius 3 is 2.74 bits per heavy atom. The number of amides is 1. The van der Waals surface area contributed by atoms with Gasteiger partial charge in [-0.05, 0) is 25.7 Å². The molecule has 1 N–H and O–H groups in total. The smallest absolute Gasteiger partial charge is 0.408 e. The minimum absolute atomic E-state index is 0.0178. The van der Waals surface area contributed by atoms with Crippen LogP contribution in [0, 0.1) is 12.8 Å². The Morgan fingerprint density at radius 2 is 2.13 bits per heavy atom. The van der Waals surface area contributed by atoms with Gasteiger partial charge in [-0.1, -0.05) is 0 Å². The van der Waals surface area contributed by atoms with Crippen LogP contribution in [0.1, 0.15) is 35.3 Å². The molecule has 1 aliphatic rings. The van der Waals surface area contributed by atoms with Gasteiger partial charge in [-0.2, -0.15) is 18.3 Å². The van der Waals surface area contributed by atoms with Crippen molar-refractivity contribution in [2.45, 2.75) is 38.9 Å². The number of aryl methyl sites for hydroxylation is 1. The highest BCUT2D eigenvalue weighted by molar-refractivity contribution is 5.95. The molecule has 1 amide bonds. The van der Waals surface area contributed by atoms with Crippen LogP contribution in [0.25, 0.3) is 0 Å². The van der Waals surface area contributed by atoms with Crippen LogP contribution in [0.2, 0.25) is 0 Å². The third-order valence-electron chi connectivity index (χ3n) is 3.79. The number of carbonyl (C=O) groups excluding carboxylic acids is 1. The minimum atomic E-state index is -4.41. The second kappa shape index (κ2) is 6.59. The lowest BCUT2D eigenvalue weighted by atomic mass is 9.94. The molecule has 1 unspecified atom stereocenters. The van der Waals surface area contributed by atoms with E-state index >= 15 is 0 Å². The Hall–Kier alpha value is -2.06. The molecule has 0 bridgehead atoms. The Kier molecular flexibility index (Phi) is 4.96. The molecule has 1 aromatic rings. The molecule has 6 nitrogen and oxygen atoms in total. The van der Waals surface area contributed by atoms with Crippen LogP contribution in [-0.4, -0.2) is 50.9 Å². The molecule has 2 rings (SSSR count). The summed E-state index contributed by atoms with van der Waals surface area (Å²) in [6, 6.07) is 0. The van der Waals surface area contributed by atoms with E-state index < -0.39 is 24.6 Å². The monoisotopic (exact) mass is 333 g/mol. The molecular weight excluding hydrogens is 315 g/mol. The first-order valence-electron chi connectivity index (χ1n) is 7.27. The van der Waals surface area contributed by atoms with Crippen molar-refractivity contribution in [2.75, 3.05) is 13.1 Å². The number of aliphatic carboxylic acids is 1. The Morgan fingerprint density at radius 1 is 1.43 bits per heavy atom. The zero-order valence-electron chi connectivity index (χ0n) is 12.6. The van der Waals surface area contributed by atoms with Crippen molar-refractivity contribution in [3.8, 4) is 0 Å². The van der Waals surface area contributed by atoms with Crippen LogP contribution in [0.5, 0.6) is 0 Å². The average molecular weight is 333 g/mol. The molecule has 0 radical (unpaired) electrons. The van der Waals surface area contributed by atoms with Gasteiger partial charge in [0.2, 0.25) is 0 Å². The van der Waals surface area contributed by atoms with Gasteiger partial charge < -0.3 is 10.0 Å². The van der Waals surface area contributed by atoms with Crippen LogP contribution < -0.4 is 0 Å². The molecule has 1 aliphatic heterocycles. The summed E-state index contributed by atoms with van der Waals surface area (Å²) in [6.45, 7) is 1.01. The topological polar surface area (TPSA) is 75.4 Å². The minimum Gasteiger partial charge on any atom is -0.481 e. The maximum atomic E-state index is 12.5. The number of nitrogens with zero attached hydrogens (tertiary/aromatic N) is 3. The van der Waals surface area contributed by atoms with Crippen LogP contribution >= 0.6 is 0 Å². The molecule has 0 saturated carbocycles. The van der Waals surface area contributed by atoms with Crippen LogP contribution in [0.4, 0.5) is 13.2 Å². The Labute approximate surface area is 130 Å². The van der Waals surface area contributed by atoms with E-state index in [2.05, 4.69) is 5.10 Å². The maximum Gasteiger partial charge on any atom is 0.408 e. The van der Waals surface area contributed by atoms with Gasteiger partial charge in [0.15, 0.2) is 0 Å².